The Labute approximate surface area is 209 Å². The van der Waals surface area contributed by atoms with Gasteiger partial charge in [0.1, 0.15) is 23.1 Å². The second-order valence-electron chi connectivity index (χ2n) is 7.87. The van der Waals surface area contributed by atoms with Crippen LogP contribution in [0.15, 0.2) is 53.5 Å². The number of hydrogen-bond acceptors (Lipinski definition) is 4. The van der Waals surface area contributed by atoms with Crippen LogP contribution in [0.25, 0.3) is 0 Å². The van der Waals surface area contributed by atoms with E-state index < -0.39 is 11.6 Å². The van der Waals surface area contributed by atoms with Crippen LogP contribution in [-0.4, -0.2) is 39.9 Å². The lowest BCUT2D eigenvalue weighted by molar-refractivity contribution is 0.575. The molecule has 0 radical (unpaired) electrons. The number of hydrogen-bond donors (Lipinski definition) is 2. The van der Waals surface area contributed by atoms with Crippen molar-refractivity contribution >= 4 is 35.6 Å². The molecule has 7 nitrogen and oxygen atoms in total. The molecule has 1 aliphatic rings. The Morgan fingerprint density at radius 2 is 1.82 bits per heavy atom. The van der Waals surface area contributed by atoms with E-state index in [9.17, 15) is 8.78 Å². The van der Waals surface area contributed by atoms with Crippen molar-refractivity contribution < 1.29 is 8.78 Å². The van der Waals surface area contributed by atoms with E-state index in [-0.39, 0.29) is 35.7 Å². The molecule has 1 saturated heterocycles. The van der Waals surface area contributed by atoms with Gasteiger partial charge in [-0.15, -0.1) is 34.2 Å². The third kappa shape index (κ3) is 6.18. The number of aromatic nitrogens is 3. The fourth-order valence-electron chi connectivity index (χ4n) is 3.74. The van der Waals surface area contributed by atoms with E-state index >= 15 is 0 Å². The molecule has 3 aromatic rings. The number of halogens is 3. The molecule has 33 heavy (non-hydrogen) atoms. The Hall–Kier alpha value is -2.76. The molecular formula is C23H28F2IN7. The molecule has 1 aliphatic heterocycles. The normalized spacial score (nSPS) is 15.9. The molecule has 2 heterocycles. The average molecular weight is 567 g/mol. The summed E-state index contributed by atoms with van der Waals surface area (Å²) in [5.74, 6) is 1.16. The lowest BCUT2D eigenvalue weighted by Crippen LogP contribution is -2.44. The van der Waals surface area contributed by atoms with E-state index in [1.54, 1.807) is 4.90 Å². The fourth-order valence-corrected chi connectivity index (χ4v) is 3.74. The zero-order valence-corrected chi connectivity index (χ0v) is 21.0. The first-order chi connectivity index (χ1) is 15.5. The number of guanidine groups is 1. The van der Waals surface area contributed by atoms with Gasteiger partial charge in [-0.2, -0.15) is 0 Å². The summed E-state index contributed by atoms with van der Waals surface area (Å²) in [4.78, 5) is 6.45. The van der Waals surface area contributed by atoms with E-state index in [1.807, 2.05) is 48.9 Å². The molecule has 1 unspecified atom stereocenters. The molecule has 2 N–H and O–H groups in total. The number of benzene rings is 2. The third-order valence-corrected chi connectivity index (χ3v) is 5.64. The van der Waals surface area contributed by atoms with E-state index in [4.69, 9.17) is 4.99 Å². The molecule has 10 heteroatoms. The zero-order valence-electron chi connectivity index (χ0n) is 18.6. The summed E-state index contributed by atoms with van der Waals surface area (Å²) in [6, 6.07) is 13.9. The van der Waals surface area contributed by atoms with Gasteiger partial charge in [0.25, 0.3) is 0 Å². The molecule has 1 atom stereocenters. The van der Waals surface area contributed by atoms with Gasteiger partial charge in [-0.05, 0) is 31.0 Å². The molecule has 0 aliphatic carbocycles. The van der Waals surface area contributed by atoms with Crippen molar-refractivity contribution in [2.75, 3.05) is 18.0 Å². The minimum absolute atomic E-state index is 0. The smallest absolute Gasteiger partial charge is 0.192 e. The van der Waals surface area contributed by atoms with Gasteiger partial charge < -0.3 is 20.1 Å². The van der Waals surface area contributed by atoms with Crippen molar-refractivity contribution in [3.63, 3.8) is 0 Å². The summed E-state index contributed by atoms with van der Waals surface area (Å²) in [5, 5.41) is 15.0. The van der Waals surface area contributed by atoms with Crippen molar-refractivity contribution in [3.05, 3.63) is 77.4 Å². The maximum atomic E-state index is 14.2. The Balaban J connectivity index is 0.00000306. The third-order valence-electron chi connectivity index (χ3n) is 5.64. The summed E-state index contributed by atoms with van der Waals surface area (Å²) in [5.41, 5.74) is 1.12. The number of aryl methyl sites for hydroxylation is 1. The number of aliphatic imine (C=N–C) groups is 1. The minimum atomic E-state index is -0.542. The topological polar surface area (TPSA) is 70.4 Å². The fraction of sp³-hybridized carbons (Fsp3) is 0.348. The Kier molecular flexibility index (Phi) is 8.59. The number of rotatable bonds is 6. The quantitative estimate of drug-likeness (QED) is 0.271. The van der Waals surface area contributed by atoms with E-state index in [1.165, 1.54) is 18.2 Å². The number of anilines is 1. The van der Waals surface area contributed by atoms with Gasteiger partial charge in [-0.3, -0.25) is 0 Å². The first-order valence-electron chi connectivity index (χ1n) is 10.6. The molecule has 0 amide bonds. The zero-order chi connectivity index (χ0) is 22.5. The van der Waals surface area contributed by atoms with Crippen LogP contribution in [-0.2, 0) is 20.1 Å². The highest BCUT2D eigenvalue weighted by atomic mass is 127. The van der Waals surface area contributed by atoms with Crippen molar-refractivity contribution in [2.45, 2.75) is 32.5 Å². The maximum absolute atomic E-state index is 14.2. The molecule has 176 valence electrons. The number of nitrogens with zero attached hydrogens (tertiary/aromatic N) is 5. The monoisotopic (exact) mass is 567 g/mol. The van der Waals surface area contributed by atoms with Crippen LogP contribution >= 0.6 is 24.0 Å². The highest BCUT2D eigenvalue weighted by molar-refractivity contribution is 14.0. The lowest BCUT2D eigenvalue weighted by Gasteiger charge is -2.21. The Morgan fingerprint density at radius 3 is 2.48 bits per heavy atom. The molecule has 1 aromatic heterocycles. The van der Waals surface area contributed by atoms with Gasteiger partial charge in [-0.25, -0.2) is 13.8 Å². The highest BCUT2D eigenvalue weighted by Gasteiger charge is 2.27. The summed E-state index contributed by atoms with van der Waals surface area (Å²) < 4.78 is 30.3. The molecule has 0 bridgehead atoms. The lowest BCUT2D eigenvalue weighted by atomic mass is 10.2. The molecule has 4 rings (SSSR count). The predicted molar refractivity (Wildman–Crippen MR) is 136 cm³/mol. The summed E-state index contributed by atoms with van der Waals surface area (Å²) in [7, 11) is 1.92. The van der Waals surface area contributed by atoms with Crippen molar-refractivity contribution in [2.24, 2.45) is 12.0 Å². The second-order valence-corrected chi connectivity index (χ2v) is 7.87. The first kappa shape index (κ1) is 24.9. The van der Waals surface area contributed by atoms with Gasteiger partial charge in [0.05, 0.1) is 13.1 Å². The van der Waals surface area contributed by atoms with E-state index in [0.717, 1.165) is 23.6 Å². The van der Waals surface area contributed by atoms with Gasteiger partial charge in [0, 0.05) is 26.2 Å². The molecular weight excluding hydrogens is 539 g/mol. The van der Waals surface area contributed by atoms with Crippen LogP contribution < -0.4 is 15.5 Å². The molecule has 0 spiro atoms. The van der Waals surface area contributed by atoms with Crippen molar-refractivity contribution in [1.82, 2.24) is 25.4 Å². The molecule has 2 aromatic carbocycles. The maximum Gasteiger partial charge on any atom is 0.192 e. The van der Waals surface area contributed by atoms with Crippen molar-refractivity contribution in [1.29, 1.82) is 0 Å². The van der Waals surface area contributed by atoms with Crippen LogP contribution in [0.4, 0.5) is 14.5 Å². The standard InChI is InChI=1S/C23H27F2N7.HI/c1-16-29-30-21(31(16)2)14-27-23(26-13-17-7-4-3-5-8-17)28-18-11-12-32(15-18)22-19(24)9-6-10-20(22)25;/h3-10,18H,11-15H2,1-2H3,(H2,26,27,28);1H. The van der Waals surface area contributed by atoms with Crippen LogP contribution in [0, 0.1) is 18.6 Å². The number of para-hydroxylation sites is 1. The largest absolute Gasteiger partial charge is 0.365 e. The van der Waals surface area contributed by atoms with E-state index in [2.05, 4.69) is 20.8 Å². The predicted octanol–water partition coefficient (Wildman–Crippen LogP) is 3.53. The van der Waals surface area contributed by atoms with Crippen molar-refractivity contribution in [3.8, 4) is 0 Å². The van der Waals surface area contributed by atoms with Gasteiger partial charge in [0.15, 0.2) is 11.8 Å². The van der Waals surface area contributed by atoms with Crippen LogP contribution in [0.1, 0.15) is 23.6 Å². The van der Waals surface area contributed by atoms with Gasteiger partial charge in [-0.1, -0.05) is 36.4 Å². The second kappa shape index (κ2) is 11.4. The van der Waals surface area contributed by atoms with Crippen LogP contribution in [0.3, 0.4) is 0 Å². The Morgan fingerprint density at radius 1 is 1.09 bits per heavy atom. The highest BCUT2D eigenvalue weighted by Crippen LogP contribution is 2.26. The average Bonchev–Trinajstić information content (AvgIpc) is 3.37. The Bertz CT molecular complexity index is 1070. The van der Waals surface area contributed by atoms with Gasteiger partial charge >= 0.3 is 0 Å². The first-order valence-corrected chi connectivity index (χ1v) is 10.6. The number of nitrogens with one attached hydrogen (secondary N) is 2. The summed E-state index contributed by atoms with van der Waals surface area (Å²) in [6.45, 7) is 3.90. The molecule has 1 fully saturated rings. The summed E-state index contributed by atoms with van der Waals surface area (Å²) in [6.07, 6.45) is 0.739. The molecule has 0 saturated carbocycles. The van der Waals surface area contributed by atoms with E-state index in [0.29, 0.717) is 32.1 Å². The minimum Gasteiger partial charge on any atom is -0.365 e. The van der Waals surface area contributed by atoms with Crippen LogP contribution in [0.5, 0.6) is 0 Å². The summed E-state index contributed by atoms with van der Waals surface area (Å²) >= 11 is 0. The van der Waals surface area contributed by atoms with Crippen LogP contribution in [0.2, 0.25) is 0 Å². The SMILES string of the molecule is Cc1nnc(CNC(=NCc2ccccc2)NC2CCN(c3c(F)cccc3F)C2)n1C.I. The van der Waals surface area contributed by atoms with Gasteiger partial charge in [0.2, 0.25) is 0 Å².